The zero-order chi connectivity index (χ0) is 12.5. The van der Waals surface area contributed by atoms with Crippen LogP contribution < -0.4 is 0 Å². The highest BCUT2D eigenvalue weighted by molar-refractivity contribution is 6.14. The molecule has 2 aromatic carbocycles. The molecule has 2 aromatic rings. The van der Waals surface area contributed by atoms with E-state index >= 15 is 0 Å². The van der Waals surface area contributed by atoms with E-state index in [1.54, 1.807) is 30.5 Å². The fraction of sp³-hybridized carbons (Fsp3) is 0. The minimum absolute atomic E-state index is 0.264. The van der Waals surface area contributed by atoms with Gasteiger partial charge in [0, 0.05) is 5.56 Å². The van der Waals surface area contributed by atoms with Gasteiger partial charge >= 0.3 is 11.8 Å². The van der Waals surface area contributed by atoms with Crippen LogP contribution in [0, 0.1) is 0 Å². The van der Waals surface area contributed by atoms with Gasteiger partial charge in [-0.1, -0.05) is 34.9 Å². The third-order valence-electron chi connectivity index (χ3n) is 2.90. The minimum atomic E-state index is -0.264. The molecule has 3 rings (SSSR count). The van der Waals surface area contributed by atoms with E-state index in [-0.39, 0.29) is 11.8 Å². The van der Waals surface area contributed by atoms with Gasteiger partial charge in [0.1, 0.15) is 11.1 Å². The second kappa shape index (κ2) is 4.04. The average Bonchev–Trinajstić information content (AvgIpc) is 2.66. The lowest BCUT2D eigenvalue weighted by molar-refractivity contribution is -0.317. The molecular formula is C15H10NO2+. The molecule has 3 heteroatoms. The van der Waals surface area contributed by atoms with Crippen LogP contribution in [0.25, 0.3) is 0 Å². The van der Waals surface area contributed by atoms with E-state index in [4.69, 9.17) is 0 Å². The highest BCUT2D eigenvalue weighted by Gasteiger charge is 2.41. The highest BCUT2D eigenvalue weighted by atomic mass is 16.2. The van der Waals surface area contributed by atoms with Crippen molar-refractivity contribution >= 4 is 18.0 Å². The largest absolute Gasteiger partial charge is 0.428 e. The number of carbonyl (C=O) groups is 2. The van der Waals surface area contributed by atoms with E-state index in [0.717, 1.165) is 5.56 Å². The van der Waals surface area contributed by atoms with Crippen molar-refractivity contribution in [1.82, 2.24) is 0 Å². The summed E-state index contributed by atoms with van der Waals surface area (Å²) in [5.41, 5.74) is 1.76. The summed E-state index contributed by atoms with van der Waals surface area (Å²) in [5.74, 6) is -0.529. The summed E-state index contributed by atoms with van der Waals surface area (Å²) in [7, 11) is 0. The Balaban J connectivity index is 2.10. The lowest BCUT2D eigenvalue weighted by Crippen LogP contribution is -2.20. The van der Waals surface area contributed by atoms with Crippen molar-refractivity contribution in [1.29, 1.82) is 0 Å². The van der Waals surface area contributed by atoms with Gasteiger partial charge in [-0.2, -0.15) is 0 Å². The number of imide groups is 1. The normalized spacial score (nSPS) is 13.7. The number of hydrogen-bond donors (Lipinski definition) is 0. The van der Waals surface area contributed by atoms with Crippen LogP contribution in [0.1, 0.15) is 26.3 Å². The summed E-state index contributed by atoms with van der Waals surface area (Å²) in [5, 5.41) is 0. The van der Waals surface area contributed by atoms with Gasteiger partial charge in [0.25, 0.3) is 0 Å². The van der Waals surface area contributed by atoms with Crippen LogP contribution in [0.3, 0.4) is 0 Å². The maximum absolute atomic E-state index is 12.1. The SMILES string of the molecule is O=C1c2ccccc2C(=O)[N+]1=Cc1ccccc1. The van der Waals surface area contributed by atoms with Gasteiger partial charge in [0.05, 0.1) is 0 Å². The lowest BCUT2D eigenvalue weighted by atomic mass is 10.1. The average molecular weight is 236 g/mol. The Kier molecular flexibility index (Phi) is 2.38. The molecule has 0 aromatic heterocycles. The Morgan fingerprint density at radius 3 is 1.78 bits per heavy atom. The number of benzene rings is 2. The van der Waals surface area contributed by atoms with Crippen LogP contribution in [0.4, 0.5) is 0 Å². The topological polar surface area (TPSA) is 37.1 Å². The first-order valence-corrected chi connectivity index (χ1v) is 5.64. The zero-order valence-electron chi connectivity index (χ0n) is 9.54. The Morgan fingerprint density at radius 1 is 0.722 bits per heavy atom. The minimum Gasteiger partial charge on any atom is -0.214 e. The second-order valence-corrected chi connectivity index (χ2v) is 4.07. The fourth-order valence-electron chi connectivity index (χ4n) is 2.01. The predicted molar refractivity (Wildman–Crippen MR) is 67.0 cm³/mol. The molecule has 18 heavy (non-hydrogen) atoms. The standard InChI is InChI=1S/C15H10NO2/c17-14-12-8-4-5-9-13(12)15(18)16(14)10-11-6-2-1-3-7-11/h1-10H/q+1. The van der Waals surface area contributed by atoms with Crippen molar-refractivity contribution in [3.8, 4) is 0 Å². The molecule has 3 nitrogen and oxygen atoms in total. The molecule has 0 radical (unpaired) electrons. The first-order chi connectivity index (χ1) is 8.77. The summed E-state index contributed by atoms with van der Waals surface area (Å²) in [6.45, 7) is 0. The molecule has 2 amide bonds. The van der Waals surface area contributed by atoms with Gasteiger partial charge < -0.3 is 0 Å². The van der Waals surface area contributed by atoms with Crippen molar-refractivity contribution in [3.63, 3.8) is 0 Å². The van der Waals surface area contributed by atoms with E-state index in [1.807, 2.05) is 30.3 Å². The maximum atomic E-state index is 12.1. The van der Waals surface area contributed by atoms with Crippen molar-refractivity contribution in [2.24, 2.45) is 0 Å². The Bertz CT molecular complexity index is 635. The van der Waals surface area contributed by atoms with Crippen molar-refractivity contribution in [2.75, 3.05) is 0 Å². The predicted octanol–water partition coefficient (Wildman–Crippen LogP) is 2.11. The third kappa shape index (κ3) is 1.57. The summed E-state index contributed by atoms with van der Waals surface area (Å²) in [4.78, 5) is 24.2. The summed E-state index contributed by atoms with van der Waals surface area (Å²) < 4.78 is 1.17. The highest BCUT2D eigenvalue weighted by Crippen LogP contribution is 2.18. The van der Waals surface area contributed by atoms with Gasteiger partial charge in [0.15, 0.2) is 6.21 Å². The summed E-state index contributed by atoms with van der Waals surface area (Å²) in [6, 6.07) is 16.2. The quantitative estimate of drug-likeness (QED) is 0.561. The molecule has 1 heterocycles. The lowest BCUT2D eigenvalue weighted by Gasteiger charge is -1.89. The van der Waals surface area contributed by atoms with Gasteiger partial charge in [0.2, 0.25) is 0 Å². The van der Waals surface area contributed by atoms with Crippen LogP contribution in [0.15, 0.2) is 54.6 Å². The fourth-order valence-corrected chi connectivity index (χ4v) is 2.01. The molecule has 0 bridgehead atoms. The maximum Gasteiger partial charge on any atom is 0.428 e. The van der Waals surface area contributed by atoms with Crippen molar-refractivity contribution in [2.45, 2.75) is 0 Å². The Morgan fingerprint density at radius 2 is 1.22 bits per heavy atom. The molecule has 0 saturated carbocycles. The van der Waals surface area contributed by atoms with E-state index in [1.165, 1.54) is 4.58 Å². The number of amides is 2. The van der Waals surface area contributed by atoms with E-state index in [0.29, 0.717) is 11.1 Å². The zero-order valence-corrected chi connectivity index (χ0v) is 9.54. The van der Waals surface area contributed by atoms with Crippen LogP contribution in [0.2, 0.25) is 0 Å². The molecule has 0 unspecified atom stereocenters. The van der Waals surface area contributed by atoms with Crippen LogP contribution in [-0.4, -0.2) is 22.6 Å². The van der Waals surface area contributed by atoms with Crippen molar-refractivity contribution in [3.05, 3.63) is 71.3 Å². The number of rotatable bonds is 1. The molecule has 0 atom stereocenters. The molecular weight excluding hydrogens is 226 g/mol. The smallest absolute Gasteiger partial charge is 0.214 e. The van der Waals surface area contributed by atoms with Gasteiger partial charge in [-0.15, -0.1) is 0 Å². The summed E-state index contributed by atoms with van der Waals surface area (Å²) >= 11 is 0. The second-order valence-electron chi connectivity index (χ2n) is 4.07. The van der Waals surface area contributed by atoms with Crippen molar-refractivity contribution < 1.29 is 14.2 Å². The number of carbonyl (C=O) groups excluding carboxylic acids is 2. The molecule has 1 aliphatic rings. The molecule has 0 fully saturated rings. The number of fused-ring (bicyclic) bond motifs is 1. The van der Waals surface area contributed by atoms with E-state index in [2.05, 4.69) is 0 Å². The molecule has 1 aliphatic heterocycles. The third-order valence-corrected chi connectivity index (χ3v) is 2.90. The first-order valence-electron chi connectivity index (χ1n) is 5.64. The molecule has 0 aliphatic carbocycles. The summed E-state index contributed by atoms with van der Waals surface area (Å²) in [6.07, 6.45) is 1.57. The molecule has 0 saturated heterocycles. The first kappa shape index (κ1) is 10.6. The van der Waals surface area contributed by atoms with Gasteiger partial charge in [-0.3, -0.25) is 0 Å². The number of hydrogen-bond acceptors (Lipinski definition) is 2. The van der Waals surface area contributed by atoms with E-state index in [9.17, 15) is 9.59 Å². The molecule has 86 valence electrons. The van der Waals surface area contributed by atoms with Crippen LogP contribution in [0.5, 0.6) is 0 Å². The van der Waals surface area contributed by atoms with Crippen LogP contribution >= 0.6 is 0 Å². The van der Waals surface area contributed by atoms with E-state index < -0.39 is 0 Å². The van der Waals surface area contributed by atoms with Gasteiger partial charge in [-0.25, -0.2) is 9.59 Å². The molecule has 0 spiro atoms. The van der Waals surface area contributed by atoms with Gasteiger partial charge in [-0.05, 0) is 24.3 Å². The Hall–Kier alpha value is -2.55. The van der Waals surface area contributed by atoms with Crippen LogP contribution in [-0.2, 0) is 0 Å². The number of nitrogens with zero attached hydrogens (tertiary/aromatic N) is 1. The monoisotopic (exact) mass is 236 g/mol. The Labute approximate surface area is 104 Å². The molecule has 0 N–H and O–H groups in total.